The molecule has 1 aliphatic carbocycles. The van der Waals surface area contributed by atoms with Crippen molar-refractivity contribution in [2.75, 3.05) is 6.54 Å². The molecule has 1 aliphatic heterocycles. The number of carbonyl (C=O) groups is 3. The largest absolute Gasteiger partial charge is 0.348 e. The number of urea groups is 1. The summed E-state index contributed by atoms with van der Waals surface area (Å²) in [6.45, 7) is 4.26. The van der Waals surface area contributed by atoms with Gasteiger partial charge in [-0.3, -0.25) is 14.5 Å². The smallest absolute Gasteiger partial charge is 0.325 e. The van der Waals surface area contributed by atoms with E-state index in [4.69, 9.17) is 0 Å². The van der Waals surface area contributed by atoms with Crippen molar-refractivity contribution in [2.45, 2.75) is 64.0 Å². The molecule has 0 radical (unpaired) electrons. The van der Waals surface area contributed by atoms with E-state index in [0.717, 1.165) is 24.1 Å². The summed E-state index contributed by atoms with van der Waals surface area (Å²) in [6.07, 6.45) is 4.55. The molecular weight excluding hydrogens is 350 g/mol. The van der Waals surface area contributed by atoms with Gasteiger partial charge in [0.1, 0.15) is 5.54 Å². The summed E-state index contributed by atoms with van der Waals surface area (Å²) in [5, 5.41) is 7.92. The fraction of sp³-hybridized carbons (Fsp3) is 0.632. The SMILES string of the molecule is CC(C)C(NC(=O)CCN1C(=O)NC2(CCCCC2)C1=O)c1cccs1. The van der Waals surface area contributed by atoms with Crippen molar-refractivity contribution in [3.8, 4) is 0 Å². The highest BCUT2D eigenvalue weighted by Gasteiger charge is 2.51. The lowest BCUT2D eigenvalue weighted by Crippen LogP contribution is -2.48. The highest BCUT2D eigenvalue weighted by Crippen LogP contribution is 2.33. The number of carbonyl (C=O) groups excluding carboxylic acids is 3. The lowest BCUT2D eigenvalue weighted by Gasteiger charge is -2.30. The van der Waals surface area contributed by atoms with Crippen molar-refractivity contribution >= 4 is 29.2 Å². The van der Waals surface area contributed by atoms with Gasteiger partial charge >= 0.3 is 6.03 Å². The fourth-order valence-electron chi connectivity index (χ4n) is 3.87. The van der Waals surface area contributed by atoms with Gasteiger partial charge < -0.3 is 10.6 Å². The van der Waals surface area contributed by atoms with Gasteiger partial charge in [-0.05, 0) is 30.2 Å². The summed E-state index contributed by atoms with van der Waals surface area (Å²) in [4.78, 5) is 39.7. The zero-order valence-electron chi connectivity index (χ0n) is 15.4. The van der Waals surface area contributed by atoms with E-state index in [1.54, 1.807) is 11.3 Å². The Labute approximate surface area is 158 Å². The highest BCUT2D eigenvalue weighted by molar-refractivity contribution is 7.10. The number of thiophene rings is 1. The third-order valence-electron chi connectivity index (χ3n) is 5.35. The topological polar surface area (TPSA) is 78.5 Å². The van der Waals surface area contributed by atoms with Gasteiger partial charge in [-0.25, -0.2) is 4.79 Å². The van der Waals surface area contributed by atoms with E-state index in [9.17, 15) is 14.4 Å². The molecular formula is C19H27N3O3S. The van der Waals surface area contributed by atoms with E-state index in [-0.39, 0.29) is 42.8 Å². The Bertz CT molecular complexity index is 666. The van der Waals surface area contributed by atoms with Crippen molar-refractivity contribution < 1.29 is 14.4 Å². The summed E-state index contributed by atoms with van der Waals surface area (Å²) < 4.78 is 0. The van der Waals surface area contributed by atoms with E-state index in [1.165, 1.54) is 4.90 Å². The second-order valence-corrected chi connectivity index (χ2v) is 8.56. The highest BCUT2D eigenvalue weighted by atomic mass is 32.1. The maximum atomic E-state index is 12.7. The van der Waals surface area contributed by atoms with Crippen molar-refractivity contribution in [1.82, 2.24) is 15.5 Å². The van der Waals surface area contributed by atoms with Gasteiger partial charge in [0, 0.05) is 17.8 Å². The number of imide groups is 1. The summed E-state index contributed by atoms with van der Waals surface area (Å²) >= 11 is 1.62. The zero-order valence-corrected chi connectivity index (χ0v) is 16.2. The first-order valence-electron chi connectivity index (χ1n) is 9.40. The van der Waals surface area contributed by atoms with Crippen LogP contribution < -0.4 is 10.6 Å². The van der Waals surface area contributed by atoms with Crippen LogP contribution in [0.5, 0.6) is 0 Å². The van der Waals surface area contributed by atoms with Gasteiger partial charge in [-0.1, -0.05) is 39.2 Å². The minimum absolute atomic E-state index is 0.0460. The molecule has 1 unspecified atom stereocenters. The normalized spacial score (nSPS) is 20.5. The second-order valence-electron chi connectivity index (χ2n) is 7.58. The van der Waals surface area contributed by atoms with Gasteiger partial charge in [-0.15, -0.1) is 11.3 Å². The van der Waals surface area contributed by atoms with E-state index in [2.05, 4.69) is 24.5 Å². The number of hydrogen-bond donors (Lipinski definition) is 2. The lowest BCUT2D eigenvalue weighted by atomic mass is 9.82. The Morgan fingerprint density at radius 2 is 2.04 bits per heavy atom. The van der Waals surface area contributed by atoms with Crippen molar-refractivity contribution in [2.24, 2.45) is 5.92 Å². The van der Waals surface area contributed by atoms with Crippen LogP contribution in [0.15, 0.2) is 17.5 Å². The number of amides is 4. The Morgan fingerprint density at radius 3 is 2.65 bits per heavy atom. The molecule has 2 N–H and O–H groups in total. The standard InChI is InChI=1S/C19H27N3O3S/c1-13(2)16(14-7-6-12-26-14)20-15(23)8-11-22-17(24)19(21-18(22)25)9-4-3-5-10-19/h6-7,12-13,16H,3-5,8-11H2,1-2H3,(H,20,23)(H,21,25). The van der Waals surface area contributed by atoms with Crippen LogP contribution in [0.25, 0.3) is 0 Å². The Hall–Kier alpha value is -1.89. The Kier molecular flexibility index (Phi) is 5.65. The molecule has 1 aromatic rings. The van der Waals surface area contributed by atoms with Crippen LogP contribution in [0.2, 0.25) is 0 Å². The quantitative estimate of drug-likeness (QED) is 0.747. The summed E-state index contributed by atoms with van der Waals surface area (Å²) in [6, 6.07) is 3.58. The number of nitrogens with zero attached hydrogens (tertiary/aromatic N) is 1. The molecule has 1 saturated carbocycles. The van der Waals surface area contributed by atoms with E-state index in [1.807, 2.05) is 17.5 Å². The van der Waals surface area contributed by atoms with Crippen LogP contribution in [0, 0.1) is 5.92 Å². The molecule has 0 aromatic carbocycles. The van der Waals surface area contributed by atoms with Crippen LogP contribution >= 0.6 is 11.3 Å². The molecule has 2 heterocycles. The maximum Gasteiger partial charge on any atom is 0.325 e. The van der Waals surface area contributed by atoms with Crippen molar-refractivity contribution in [3.05, 3.63) is 22.4 Å². The minimum Gasteiger partial charge on any atom is -0.348 e. The van der Waals surface area contributed by atoms with Gasteiger partial charge in [-0.2, -0.15) is 0 Å². The molecule has 1 saturated heterocycles. The van der Waals surface area contributed by atoms with Crippen LogP contribution in [0.3, 0.4) is 0 Å². The first-order valence-corrected chi connectivity index (χ1v) is 10.3. The molecule has 26 heavy (non-hydrogen) atoms. The summed E-state index contributed by atoms with van der Waals surface area (Å²) in [7, 11) is 0. The molecule has 6 nitrogen and oxygen atoms in total. The van der Waals surface area contributed by atoms with Gasteiger partial charge in [0.15, 0.2) is 0 Å². The predicted octanol–water partition coefficient (Wildman–Crippen LogP) is 3.21. The average molecular weight is 378 g/mol. The predicted molar refractivity (Wildman–Crippen MR) is 101 cm³/mol. The Balaban J connectivity index is 1.57. The van der Waals surface area contributed by atoms with Crippen molar-refractivity contribution in [1.29, 1.82) is 0 Å². The molecule has 1 atom stereocenters. The molecule has 0 bridgehead atoms. The third kappa shape index (κ3) is 3.77. The van der Waals surface area contributed by atoms with E-state index >= 15 is 0 Å². The molecule has 2 aliphatic rings. The molecule has 142 valence electrons. The maximum absolute atomic E-state index is 12.7. The lowest BCUT2D eigenvalue weighted by molar-refractivity contribution is -0.132. The zero-order chi connectivity index (χ0) is 18.7. The fourth-order valence-corrected chi connectivity index (χ4v) is 4.82. The third-order valence-corrected chi connectivity index (χ3v) is 6.30. The van der Waals surface area contributed by atoms with Gasteiger partial charge in [0.2, 0.25) is 5.91 Å². The van der Waals surface area contributed by atoms with Crippen LogP contribution in [-0.2, 0) is 9.59 Å². The second kappa shape index (κ2) is 7.78. The van der Waals surface area contributed by atoms with Crippen LogP contribution in [-0.4, -0.2) is 34.8 Å². The molecule has 7 heteroatoms. The Morgan fingerprint density at radius 1 is 1.31 bits per heavy atom. The monoisotopic (exact) mass is 377 g/mol. The minimum atomic E-state index is -0.719. The summed E-state index contributed by atoms with van der Waals surface area (Å²) in [5.41, 5.74) is -0.719. The molecule has 3 rings (SSSR count). The molecule has 1 spiro atoms. The molecule has 1 aromatic heterocycles. The van der Waals surface area contributed by atoms with E-state index in [0.29, 0.717) is 12.8 Å². The average Bonchev–Trinajstić information content (AvgIpc) is 3.20. The summed E-state index contributed by atoms with van der Waals surface area (Å²) in [5.74, 6) is -0.0317. The van der Waals surface area contributed by atoms with Crippen molar-refractivity contribution in [3.63, 3.8) is 0 Å². The molecule has 2 fully saturated rings. The van der Waals surface area contributed by atoms with Gasteiger partial charge in [0.05, 0.1) is 6.04 Å². The number of rotatable bonds is 6. The first kappa shape index (κ1) is 18.9. The number of hydrogen-bond acceptors (Lipinski definition) is 4. The number of nitrogens with one attached hydrogen (secondary N) is 2. The van der Waals surface area contributed by atoms with Crippen LogP contribution in [0.1, 0.15) is 63.3 Å². The molecule has 4 amide bonds. The van der Waals surface area contributed by atoms with Gasteiger partial charge in [0.25, 0.3) is 5.91 Å². The van der Waals surface area contributed by atoms with Crippen LogP contribution in [0.4, 0.5) is 4.79 Å². The first-order chi connectivity index (χ1) is 12.4. The van der Waals surface area contributed by atoms with E-state index < -0.39 is 5.54 Å².